The third-order valence-corrected chi connectivity index (χ3v) is 2.29. The fourth-order valence-corrected chi connectivity index (χ4v) is 1.54. The van der Waals surface area contributed by atoms with Gasteiger partial charge in [-0.3, -0.25) is 0 Å². The molecule has 0 aliphatic carbocycles. The van der Waals surface area contributed by atoms with Crippen LogP contribution in [0.1, 0.15) is 0 Å². The quantitative estimate of drug-likeness (QED) is 0.728. The Balaban J connectivity index is 3.13. The van der Waals surface area contributed by atoms with Crippen LogP contribution in [0.3, 0.4) is 0 Å². The minimum Gasteiger partial charge on any atom is -0.377 e. The number of hydrogen-bond acceptors (Lipinski definition) is 2. The number of rotatable bonds is 1. The molecule has 1 nitrogen and oxygen atoms in total. The van der Waals surface area contributed by atoms with Gasteiger partial charge in [-0.1, -0.05) is 15.9 Å². The smallest absolute Gasteiger partial charge is 0.0507 e. The zero-order chi connectivity index (χ0) is 8.43. The van der Waals surface area contributed by atoms with Gasteiger partial charge in [-0.15, -0.1) is 12.6 Å². The molecular formula is C8H10BrNS. The summed E-state index contributed by atoms with van der Waals surface area (Å²) in [6.45, 7) is 0. The molecule has 0 spiro atoms. The summed E-state index contributed by atoms with van der Waals surface area (Å²) >= 11 is 7.73. The van der Waals surface area contributed by atoms with Gasteiger partial charge in [0.05, 0.1) is 5.69 Å². The molecule has 60 valence electrons. The standard InChI is InChI=1S/C8H10BrNS/c1-10(2)7-5-6(9)3-4-8(7)11/h3-5,11H,1-2H3. The van der Waals surface area contributed by atoms with E-state index in [4.69, 9.17) is 0 Å². The van der Waals surface area contributed by atoms with Crippen molar-refractivity contribution in [3.8, 4) is 0 Å². The monoisotopic (exact) mass is 231 g/mol. The number of benzene rings is 1. The second-order valence-electron chi connectivity index (χ2n) is 2.53. The molecule has 0 bridgehead atoms. The van der Waals surface area contributed by atoms with Crippen LogP contribution < -0.4 is 4.90 Å². The number of halogens is 1. The van der Waals surface area contributed by atoms with E-state index in [2.05, 4.69) is 28.6 Å². The highest BCUT2D eigenvalue weighted by atomic mass is 79.9. The highest BCUT2D eigenvalue weighted by Gasteiger charge is 2.00. The molecule has 0 aromatic heterocycles. The number of thiol groups is 1. The maximum atomic E-state index is 4.32. The first-order chi connectivity index (χ1) is 5.11. The predicted molar refractivity (Wildman–Crippen MR) is 55.7 cm³/mol. The van der Waals surface area contributed by atoms with E-state index in [9.17, 15) is 0 Å². The van der Waals surface area contributed by atoms with Crippen LogP contribution in [0.2, 0.25) is 0 Å². The van der Waals surface area contributed by atoms with E-state index in [1.54, 1.807) is 0 Å². The van der Waals surface area contributed by atoms with Gasteiger partial charge in [-0.2, -0.15) is 0 Å². The van der Waals surface area contributed by atoms with Crippen molar-refractivity contribution in [1.82, 2.24) is 0 Å². The van der Waals surface area contributed by atoms with Crippen LogP contribution in [0.4, 0.5) is 5.69 Å². The second-order valence-corrected chi connectivity index (χ2v) is 3.92. The predicted octanol–water partition coefficient (Wildman–Crippen LogP) is 2.80. The van der Waals surface area contributed by atoms with E-state index >= 15 is 0 Å². The van der Waals surface area contributed by atoms with Crippen molar-refractivity contribution in [3.63, 3.8) is 0 Å². The fraction of sp³-hybridized carbons (Fsp3) is 0.250. The lowest BCUT2D eigenvalue weighted by molar-refractivity contribution is 1.10. The lowest BCUT2D eigenvalue weighted by Crippen LogP contribution is -2.09. The molecule has 0 fully saturated rings. The Morgan fingerprint density at radius 2 is 2.00 bits per heavy atom. The number of anilines is 1. The Morgan fingerprint density at radius 3 is 2.45 bits per heavy atom. The van der Waals surface area contributed by atoms with Gasteiger partial charge in [0, 0.05) is 23.5 Å². The maximum Gasteiger partial charge on any atom is 0.0507 e. The summed E-state index contributed by atoms with van der Waals surface area (Å²) in [5.41, 5.74) is 1.13. The Kier molecular flexibility index (Phi) is 2.84. The lowest BCUT2D eigenvalue weighted by Gasteiger charge is -2.14. The van der Waals surface area contributed by atoms with Crippen molar-refractivity contribution in [2.45, 2.75) is 4.90 Å². The summed E-state index contributed by atoms with van der Waals surface area (Å²) in [6.07, 6.45) is 0. The molecule has 11 heavy (non-hydrogen) atoms. The van der Waals surface area contributed by atoms with Crippen molar-refractivity contribution < 1.29 is 0 Å². The van der Waals surface area contributed by atoms with E-state index in [1.165, 1.54) is 0 Å². The Labute approximate surface area is 80.9 Å². The molecule has 0 N–H and O–H groups in total. The van der Waals surface area contributed by atoms with Crippen molar-refractivity contribution in [3.05, 3.63) is 22.7 Å². The molecule has 0 aliphatic heterocycles. The van der Waals surface area contributed by atoms with Crippen molar-refractivity contribution >= 4 is 34.2 Å². The van der Waals surface area contributed by atoms with E-state index in [0.29, 0.717) is 0 Å². The maximum absolute atomic E-state index is 4.32. The first-order valence-corrected chi connectivity index (χ1v) is 4.51. The number of nitrogens with zero attached hydrogens (tertiary/aromatic N) is 1. The summed E-state index contributed by atoms with van der Waals surface area (Å²) in [6, 6.07) is 6.00. The molecule has 0 unspecified atom stereocenters. The van der Waals surface area contributed by atoms with Crippen LogP contribution >= 0.6 is 28.6 Å². The molecule has 0 saturated carbocycles. The van der Waals surface area contributed by atoms with Crippen LogP contribution in [0.25, 0.3) is 0 Å². The second kappa shape index (κ2) is 3.50. The molecule has 1 aromatic rings. The Morgan fingerprint density at radius 1 is 1.36 bits per heavy atom. The Hall–Kier alpha value is -0.150. The minimum atomic E-state index is 0.998. The SMILES string of the molecule is CN(C)c1cc(Br)ccc1S. The molecule has 3 heteroatoms. The molecular weight excluding hydrogens is 222 g/mol. The molecule has 0 aliphatic rings. The van der Waals surface area contributed by atoms with Gasteiger partial charge in [-0.05, 0) is 18.2 Å². The third-order valence-electron chi connectivity index (χ3n) is 1.42. The van der Waals surface area contributed by atoms with Gasteiger partial charge in [-0.25, -0.2) is 0 Å². The molecule has 0 heterocycles. The van der Waals surface area contributed by atoms with Gasteiger partial charge in [0.25, 0.3) is 0 Å². The van der Waals surface area contributed by atoms with Gasteiger partial charge < -0.3 is 4.90 Å². The lowest BCUT2D eigenvalue weighted by atomic mass is 10.3. The van der Waals surface area contributed by atoms with Crippen LogP contribution in [-0.2, 0) is 0 Å². The largest absolute Gasteiger partial charge is 0.377 e. The topological polar surface area (TPSA) is 3.24 Å². The summed E-state index contributed by atoms with van der Waals surface area (Å²) < 4.78 is 1.08. The van der Waals surface area contributed by atoms with Gasteiger partial charge in [0.1, 0.15) is 0 Å². The van der Waals surface area contributed by atoms with Crippen LogP contribution in [0, 0.1) is 0 Å². The normalized spacial score (nSPS) is 9.82. The summed E-state index contributed by atoms with van der Waals surface area (Å²) in [4.78, 5) is 3.03. The zero-order valence-corrected chi connectivity index (χ0v) is 8.98. The van der Waals surface area contributed by atoms with E-state index in [-0.39, 0.29) is 0 Å². The molecule has 0 amide bonds. The van der Waals surface area contributed by atoms with E-state index in [1.807, 2.05) is 37.2 Å². The van der Waals surface area contributed by atoms with Gasteiger partial charge in [0.2, 0.25) is 0 Å². The highest BCUT2D eigenvalue weighted by molar-refractivity contribution is 9.10. The summed E-state index contributed by atoms with van der Waals surface area (Å²) in [5.74, 6) is 0. The number of hydrogen-bond donors (Lipinski definition) is 1. The van der Waals surface area contributed by atoms with Crippen molar-refractivity contribution in [2.75, 3.05) is 19.0 Å². The average Bonchev–Trinajstić information content (AvgIpc) is 1.94. The molecule has 1 rings (SSSR count). The van der Waals surface area contributed by atoms with E-state index in [0.717, 1.165) is 15.1 Å². The molecule has 0 saturated heterocycles. The summed E-state index contributed by atoms with van der Waals surface area (Å²) in [7, 11) is 4.00. The molecule has 1 aromatic carbocycles. The van der Waals surface area contributed by atoms with Crippen molar-refractivity contribution in [2.24, 2.45) is 0 Å². The average molecular weight is 232 g/mol. The van der Waals surface area contributed by atoms with Gasteiger partial charge >= 0.3 is 0 Å². The first kappa shape index (κ1) is 8.94. The summed E-state index contributed by atoms with van der Waals surface area (Å²) in [5, 5.41) is 0. The first-order valence-electron chi connectivity index (χ1n) is 3.27. The van der Waals surface area contributed by atoms with Crippen molar-refractivity contribution in [1.29, 1.82) is 0 Å². The molecule has 0 atom stereocenters. The fourth-order valence-electron chi connectivity index (χ4n) is 0.855. The minimum absolute atomic E-state index is 0.998. The van der Waals surface area contributed by atoms with Crippen LogP contribution in [-0.4, -0.2) is 14.1 Å². The van der Waals surface area contributed by atoms with Crippen LogP contribution in [0.5, 0.6) is 0 Å². The molecule has 0 radical (unpaired) electrons. The Bertz CT molecular complexity index is 260. The zero-order valence-electron chi connectivity index (χ0n) is 6.50. The highest BCUT2D eigenvalue weighted by Crippen LogP contribution is 2.25. The van der Waals surface area contributed by atoms with E-state index < -0.39 is 0 Å². The van der Waals surface area contributed by atoms with Crippen LogP contribution in [0.15, 0.2) is 27.6 Å². The third kappa shape index (κ3) is 2.14. The van der Waals surface area contributed by atoms with Gasteiger partial charge in [0.15, 0.2) is 0 Å².